The molecule has 0 aliphatic carbocycles. The van der Waals surface area contributed by atoms with Crippen molar-refractivity contribution in [3.05, 3.63) is 47.4 Å². The van der Waals surface area contributed by atoms with E-state index in [1.54, 1.807) is 11.8 Å². The number of nitrogens with zero attached hydrogens (tertiary/aromatic N) is 3. The SMILES string of the molecule is CCCCCCCOC(=O)C1=C(C)Nc2ncnn2[C@H]1c1ccc(OC)cc1. The summed E-state index contributed by atoms with van der Waals surface area (Å²) in [6, 6.07) is 7.23. The fourth-order valence-electron chi connectivity index (χ4n) is 3.40. The lowest BCUT2D eigenvalue weighted by molar-refractivity contribution is -0.139. The average Bonchev–Trinajstić information content (AvgIpc) is 3.17. The molecule has 150 valence electrons. The second kappa shape index (κ2) is 9.39. The first kappa shape index (κ1) is 19.9. The zero-order valence-corrected chi connectivity index (χ0v) is 16.8. The van der Waals surface area contributed by atoms with Gasteiger partial charge in [0.25, 0.3) is 0 Å². The molecule has 2 heterocycles. The summed E-state index contributed by atoms with van der Waals surface area (Å²) in [5, 5.41) is 7.48. The van der Waals surface area contributed by atoms with Crippen LogP contribution in [0.4, 0.5) is 5.95 Å². The highest BCUT2D eigenvalue weighted by Gasteiger charge is 2.34. The molecule has 1 aliphatic rings. The second-order valence-corrected chi connectivity index (χ2v) is 6.92. The van der Waals surface area contributed by atoms with Crippen LogP contribution in [0.5, 0.6) is 5.75 Å². The van der Waals surface area contributed by atoms with Crippen molar-refractivity contribution >= 4 is 11.9 Å². The normalized spacial score (nSPS) is 15.8. The number of carbonyl (C=O) groups is 1. The Balaban J connectivity index is 1.79. The van der Waals surface area contributed by atoms with E-state index in [0.29, 0.717) is 18.1 Å². The van der Waals surface area contributed by atoms with E-state index in [9.17, 15) is 4.79 Å². The molecule has 1 atom stereocenters. The third kappa shape index (κ3) is 4.35. The predicted octanol–water partition coefficient (Wildman–Crippen LogP) is 4.09. The van der Waals surface area contributed by atoms with Crippen LogP contribution >= 0.6 is 0 Å². The molecule has 0 saturated heterocycles. The Morgan fingerprint density at radius 2 is 1.93 bits per heavy atom. The number of benzene rings is 1. The van der Waals surface area contributed by atoms with E-state index in [2.05, 4.69) is 22.3 Å². The van der Waals surface area contributed by atoms with Crippen molar-refractivity contribution in [3.8, 4) is 5.75 Å². The summed E-state index contributed by atoms with van der Waals surface area (Å²) < 4.78 is 12.6. The summed E-state index contributed by atoms with van der Waals surface area (Å²) in [7, 11) is 1.63. The number of fused-ring (bicyclic) bond motifs is 1. The van der Waals surface area contributed by atoms with Crippen LogP contribution in [0, 0.1) is 0 Å². The van der Waals surface area contributed by atoms with Crippen LogP contribution in [-0.2, 0) is 9.53 Å². The summed E-state index contributed by atoms with van der Waals surface area (Å²) in [6.07, 6.45) is 7.03. The number of allylic oxidation sites excluding steroid dienone is 1. The molecule has 0 unspecified atom stereocenters. The molecule has 0 bridgehead atoms. The Kier molecular flexibility index (Phi) is 6.68. The lowest BCUT2D eigenvalue weighted by atomic mass is 9.96. The van der Waals surface area contributed by atoms with Crippen molar-refractivity contribution in [1.82, 2.24) is 14.8 Å². The smallest absolute Gasteiger partial charge is 0.338 e. The van der Waals surface area contributed by atoms with Gasteiger partial charge in [-0.1, -0.05) is 44.7 Å². The van der Waals surface area contributed by atoms with Crippen LogP contribution in [0.25, 0.3) is 0 Å². The van der Waals surface area contributed by atoms with Crippen LogP contribution in [0.2, 0.25) is 0 Å². The van der Waals surface area contributed by atoms with Gasteiger partial charge in [0.2, 0.25) is 5.95 Å². The van der Waals surface area contributed by atoms with E-state index in [0.717, 1.165) is 29.9 Å². The first-order chi connectivity index (χ1) is 13.7. The molecular weight excluding hydrogens is 356 g/mol. The summed E-state index contributed by atoms with van der Waals surface area (Å²) in [5.41, 5.74) is 2.21. The molecule has 0 amide bonds. The molecule has 1 aromatic heterocycles. The molecule has 7 nitrogen and oxygen atoms in total. The van der Waals surface area contributed by atoms with Crippen LogP contribution < -0.4 is 10.1 Å². The molecule has 28 heavy (non-hydrogen) atoms. The molecular formula is C21H28N4O3. The number of nitrogens with one attached hydrogen (secondary N) is 1. The minimum Gasteiger partial charge on any atom is -0.497 e. The van der Waals surface area contributed by atoms with Crippen LogP contribution in [0.3, 0.4) is 0 Å². The Bertz CT molecular complexity index is 826. The third-order valence-corrected chi connectivity index (χ3v) is 4.93. The van der Waals surface area contributed by atoms with Crippen molar-refractivity contribution in [2.45, 2.75) is 52.0 Å². The number of methoxy groups -OCH3 is 1. The maximum Gasteiger partial charge on any atom is 0.338 e. The zero-order chi connectivity index (χ0) is 19.9. The Morgan fingerprint density at radius 3 is 2.64 bits per heavy atom. The first-order valence-electron chi connectivity index (χ1n) is 9.84. The predicted molar refractivity (Wildman–Crippen MR) is 107 cm³/mol. The highest BCUT2D eigenvalue weighted by atomic mass is 16.5. The van der Waals surface area contributed by atoms with Crippen molar-refractivity contribution < 1.29 is 14.3 Å². The number of esters is 1. The number of hydrogen-bond donors (Lipinski definition) is 1. The second-order valence-electron chi connectivity index (χ2n) is 6.92. The van der Waals surface area contributed by atoms with E-state index in [1.165, 1.54) is 25.6 Å². The Labute approximate surface area is 165 Å². The van der Waals surface area contributed by atoms with Gasteiger partial charge in [0.1, 0.15) is 18.1 Å². The van der Waals surface area contributed by atoms with E-state index in [-0.39, 0.29) is 5.97 Å². The van der Waals surface area contributed by atoms with Crippen molar-refractivity contribution in [1.29, 1.82) is 0 Å². The average molecular weight is 384 g/mol. The number of ether oxygens (including phenoxy) is 2. The number of hydrogen-bond acceptors (Lipinski definition) is 6. The molecule has 7 heteroatoms. The van der Waals surface area contributed by atoms with Crippen LogP contribution in [-0.4, -0.2) is 34.5 Å². The van der Waals surface area contributed by atoms with Crippen LogP contribution in [0.15, 0.2) is 41.9 Å². The molecule has 3 rings (SSSR count). The quantitative estimate of drug-likeness (QED) is 0.518. The molecule has 0 radical (unpaired) electrons. The highest BCUT2D eigenvalue weighted by molar-refractivity contribution is 5.92. The highest BCUT2D eigenvalue weighted by Crippen LogP contribution is 2.35. The van der Waals surface area contributed by atoms with Gasteiger partial charge in [0, 0.05) is 5.70 Å². The minimum absolute atomic E-state index is 0.317. The lowest BCUT2D eigenvalue weighted by Crippen LogP contribution is -2.29. The number of rotatable bonds is 9. The molecule has 0 saturated carbocycles. The molecule has 1 aromatic carbocycles. The fraction of sp³-hybridized carbons (Fsp3) is 0.476. The maximum absolute atomic E-state index is 12.9. The topological polar surface area (TPSA) is 78.3 Å². The fourth-order valence-corrected chi connectivity index (χ4v) is 3.40. The van der Waals surface area contributed by atoms with Gasteiger partial charge in [-0.05, 0) is 31.0 Å². The molecule has 1 aliphatic heterocycles. The molecule has 1 N–H and O–H groups in total. The summed E-state index contributed by atoms with van der Waals surface area (Å²) in [4.78, 5) is 17.2. The van der Waals surface area contributed by atoms with Crippen LogP contribution in [0.1, 0.15) is 57.6 Å². The van der Waals surface area contributed by atoms with Gasteiger partial charge in [-0.15, -0.1) is 0 Å². The lowest BCUT2D eigenvalue weighted by Gasteiger charge is -2.28. The van der Waals surface area contributed by atoms with Gasteiger partial charge >= 0.3 is 5.97 Å². The molecule has 0 fully saturated rings. The summed E-state index contributed by atoms with van der Waals surface area (Å²) in [5.74, 6) is 1.05. The summed E-state index contributed by atoms with van der Waals surface area (Å²) >= 11 is 0. The van der Waals surface area contributed by atoms with Crippen molar-refractivity contribution in [2.24, 2.45) is 0 Å². The Morgan fingerprint density at radius 1 is 1.18 bits per heavy atom. The first-order valence-corrected chi connectivity index (χ1v) is 9.84. The number of anilines is 1. The zero-order valence-electron chi connectivity index (χ0n) is 16.8. The van der Waals surface area contributed by atoms with Gasteiger partial charge in [-0.25, -0.2) is 9.48 Å². The van der Waals surface area contributed by atoms with Gasteiger partial charge < -0.3 is 14.8 Å². The maximum atomic E-state index is 12.9. The van der Waals surface area contributed by atoms with E-state index >= 15 is 0 Å². The minimum atomic E-state index is -0.391. The summed E-state index contributed by atoms with van der Waals surface area (Å²) in [6.45, 7) is 4.48. The van der Waals surface area contributed by atoms with E-state index in [4.69, 9.17) is 9.47 Å². The standard InChI is InChI=1S/C21H28N4O3/c1-4-5-6-7-8-13-28-20(26)18-15(2)24-21-22-14-23-25(21)19(18)16-9-11-17(27-3)12-10-16/h9-12,14,19H,4-8,13H2,1-3H3,(H,22,23,24)/t19-/m0/s1. The van der Waals surface area contributed by atoms with Crippen molar-refractivity contribution in [3.63, 3.8) is 0 Å². The van der Waals surface area contributed by atoms with Gasteiger partial charge in [0.05, 0.1) is 19.3 Å². The van der Waals surface area contributed by atoms with Crippen molar-refractivity contribution in [2.75, 3.05) is 19.0 Å². The van der Waals surface area contributed by atoms with E-state index in [1.807, 2.05) is 31.2 Å². The largest absolute Gasteiger partial charge is 0.497 e. The monoisotopic (exact) mass is 384 g/mol. The van der Waals surface area contributed by atoms with Gasteiger partial charge in [-0.3, -0.25) is 0 Å². The van der Waals surface area contributed by atoms with Gasteiger partial charge in [0.15, 0.2) is 0 Å². The molecule has 0 spiro atoms. The number of carbonyl (C=O) groups excluding carboxylic acids is 1. The Hall–Kier alpha value is -2.83. The number of unbranched alkanes of at least 4 members (excludes halogenated alkanes) is 4. The third-order valence-electron chi connectivity index (χ3n) is 4.93. The number of aromatic nitrogens is 3. The van der Waals surface area contributed by atoms with Gasteiger partial charge in [-0.2, -0.15) is 10.1 Å². The van der Waals surface area contributed by atoms with E-state index < -0.39 is 6.04 Å². The molecule has 2 aromatic rings.